The molecule has 3 rings (SSSR count). The Morgan fingerprint density at radius 3 is 2.75 bits per heavy atom. The summed E-state index contributed by atoms with van der Waals surface area (Å²) >= 11 is 3.43. The maximum atomic E-state index is 12.9. The Balaban J connectivity index is 0.00000208. The molecule has 0 bridgehead atoms. The zero-order valence-electron chi connectivity index (χ0n) is 13.5. The van der Waals surface area contributed by atoms with E-state index in [0.717, 1.165) is 42.3 Å². The van der Waals surface area contributed by atoms with Crippen LogP contribution in [0.2, 0.25) is 0 Å². The average Bonchev–Trinajstić information content (AvgIpc) is 2.55. The minimum Gasteiger partial charge on any atom is -0.339 e. The number of nitrogens with one attached hydrogen (secondary N) is 2. The molecule has 1 fully saturated rings. The number of likely N-dealkylation sites (tertiary alicyclic amines) is 1. The molecular formula is C17H21BrClN3O2. The van der Waals surface area contributed by atoms with Crippen molar-refractivity contribution >= 4 is 45.1 Å². The van der Waals surface area contributed by atoms with Gasteiger partial charge in [0, 0.05) is 29.0 Å². The Hall–Kier alpha value is -1.37. The molecule has 0 saturated carbocycles. The maximum absolute atomic E-state index is 12.9. The normalized spacial score (nSPS) is 15.3. The highest BCUT2D eigenvalue weighted by Gasteiger charge is 2.24. The van der Waals surface area contributed by atoms with Crippen LogP contribution in [0.1, 0.15) is 23.2 Å². The smallest absolute Gasteiger partial charge is 0.254 e. The van der Waals surface area contributed by atoms with E-state index in [9.17, 15) is 9.59 Å². The van der Waals surface area contributed by atoms with Crippen molar-refractivity contribution in [2.24, 2.45) is 5.92 Å². The second-order valence-corrected chi connectivity index (χ2v) is 6.86. The summed E-state index contributed by atoms with van der Waals surface area (Å²) in [5, 5.41) is 3.98. The van der Waals surface area contributed by atoms with Gasteiger partial charge in [0.25, 0.3) is 5.91 Å². The van der Waals surface area contributed by atoms with Crippen LogP contribution in [0.4, 0.5) is 0 Å². The number of piperidine rings is 1. The molecule has 2 heterocycles. The minimum atomic E-state index is -0.252. The van der Waals surface area contributed by atoms with E-state index in [1.54, 1.807) is 0 Å². The van der Waals surface area contributed by atoms with Crippen molar-refractivity contribution in [1.29, 1.82) is 0 Å². The number of halogens is 2. The Bertz CT molecular complexity index is 785. The largest absolute Gasteiger partial charge is 0.339 e. The number of nitrogens with zero attached hydrogens (tertiary/aromatic N) is 1. The first-order valence-corrected chi connectivity index (χ1v) is 8.65. The summed E-state index contributed by atoms with van der Waals surface area (Å²) in [7, 11) is 1.96. The molecule has 0 radical (unpaired) electrons. The number of pyridine rings is 1. The van der Waals surface area contributed by atoms with Crippen LogP contribution >= 0.6 is 28.3 Å². The van der Waals surface area contributed by atoms with Gasteiger partial charge >= 0.3 is 0 Å². The van der Waals surface area contributed by atoms with Gasteiger partial charge in [0.2, 0.25) is 5.56 Å². The van der Waals surface area contributed by atoms with Crippen molar-refractivity contribution in [3.05, 3.63) is 44.7 Å². The van der Waals surface area contributed by atoms with Gasteiger partial charge in [-0.15, -0.1) is 12.4 Å². The van der Waals surface area contributed by atoms with Crippen LogP contribution in [-0.2, 0) is 0 Å². The van der Waals surface area contributed by atoms with E-state index < -0.39 is 0 Å². The summed E-state index contributed by atoms with van der Waals surface area (Å²) in [6.07, 6.45) is 1.99. The third kappa shape index (κ3) is 3.82. The molecule has 0 unspecified atom stereocenters. The van der Waals surface area contributed by atoms with Crippen molar-refractivity contribution in [3.8, 4) is 0 Å². The number of rotatable bonds is 3. The summed E-state index contributed by atoms with van der Waals surface area (Å²) in [6, 6.07) is 7.02. The molecule has 1 aliphatic rings. The topological polar surface area (TPSA) is 65.2 Å². The summed E-state index contributed by atoms with van der Waals surface area (Å²) in [5.41, 5.74) is 0.906. The Morgan fingerprint density at radius 2 is 2.08 bits per heavy atom. The quantitative estimate of drug-likeness (QED) is 0.812. The van der Waals surface area contributed by atoms with E-state index in [1.165, 1.54) is 6.07 Å². The molecule has 1 aliphatic heterocycles. The summed E-state index contributed by atoms with van der Waals surface area (Å²) < 4.78 is 0.787. The number of carbonyl (C=O) groups is 1. The monoisotopic (exact) mass is 413 g/mol. The lowest BCUT2D eigenvalue weighted by Crippen LogP contribution is -2.40. The second-order valence-electron chi connectivity index (χ2n) is 6.00. The Labute approximate surface area is 155 Å². The number of aromatic nitrogens is 1. The van der Waals surface area contributed by atoms with Crippen LogP contribution in [0, 0.1) is 5.92 Å². The van der Waals surface area contributed by atoms with Crippen LogP contribution in [0.15, 0.2) is 33.5 Å². The van der Waals surface area contributed by atoms with E-state index in [1.807, 2.05) is 30.1 Å². The van der Waals surface area contributed by atoms with Gasteiger partial charge in [-0.3, -0.25) is 9.59 Å². The molecule has 7 heteroatoms. The first kappa shape index (κ1) is 19.0. The van der Waals surface area contributed by atoms with Crippen molar-refractivity contribution in [2.75, 3.05) is 26.7 Å². The fraction of sp³-hybridized carbons (Fsp3) is 0.412. The number of fused-ring (bicyclic) bond motifs is 1. The first-order chi connectivity index (χ1) is 11.1. The zero-order valence-corrected chi connectivity index (χ0v) is 15.9. The molecule has 1 saturated heterocycles. The van der Waals surface area contributed by atoms with E-state index >= 15 is 0 Å². The number of benzene rings is 1. The van der Waals surface area contributed by atoms with E-state index in [0.29, 0.717) is 17.0 Å². The average molecular weight is 415 g/mol. The van der Waals surface area contributed by atoms with Gasteiger partial charge < -0.3 is 15.2 Å². The number of para-hydroxylation sites is 1. The predicted molar refractivity (Wildman–Crippen MR) is 102 cm³/mol. The highest BCUT2D eigenvalue weighted by Crippen LogP contribution is 2.25. The molecule has 5 nitrogen and oxygen atoms in total. The number of aromatic amines is 1. The minimum absolute atomic E-state index is 0. The van der Waals surface area contributed by atoms with Gasteiger partial charge in [-0.25, -0.2) is 0 Å². The third-order valence-corrected chi connectivity index (χ3v) is 5.11. The summed E-state index contributed by atoms with van der Waals surface area (Å²) in [6.45, 7) is 2.48. The number of H-pyrrole nitrogens is 1. The van der Waals surface area contributed by atoms with Crippen molar-refractivity contribution in [2.45, 2.75) is 12.8 Å². The second kappa shape index (κ2) is 8.14. The maximum Gasteiger partial charge on any atom is 0.254 e. The molecule has 2 N–H and O–H groups in total. The molecule has 2 aromatic rings. The fourth-order valence-electron chi connectivity index (χ4n) is 3.22. The van der Waals surface area contributed by atoms with Gasteiger partial charge in [-0.05, 0) is 54.3 Å². The molecule has 24 heavy (non-hydrogen) atoms. The number of carbonyl (C=O) groups excluding carboxylic acids is 1. The van der Waals surface area contributed by atoms with Crippen LogP contribution in [0.3, 0.4) is 0 Å². The van der Waals surface area contributed by atoms with Crippen LogP contribution in [0.25, 0.3) is 10.9 Å². The number of amides is 1. The number of hydrogen-bond acceptors (Lipinski definition) is 3. The van der Waals surface area contributed by atoms with E-state index in [-0.39, 0.29) is 23.9 Å². The lowest BCUT2D eigenvalue weighted by Gasteiger charge is -2.32. The lowest BCUT2D eigenvalue weighted by molar-refractivity contribution is 0.0692. The molecule has 1 aromatic carbocycles. The van der Waals surface area contributed by atoms with Crippen LogP contribution in [-0.4, -0.2) is 42.5 Å². The molecule has 0 atom stereocenters. The van der Waals surface area contributed by atoms with Crippen LogP contribution < -0.4 is 10.9 Å². The van der Waals surface area contributed by atoms with Gasteiger partial charge in [-0.1, -0.05) is 12.1 Å². The third-order valence-electron chi connectivity index (χ3n) is 4.45. The van der Waals surface area contributed by atoms with E-state index in [2.05, 4.69) is 26.2 Å². The highest BCUT2D eigenvalue weighted by atomic mass is 79.9. The standard InChI is InChI=1S/C17H20BrN3O2.ClH/c1-19-10-11-5-7-21(8-6-11)17(23)13-9-15(22)20-16-12(13)3-2-4-14(16)18;/h2-4,9,11,19H,5-8,10H2,1H3,(H,20,22);1H. The highest BCUT2D eigenvalue weighted by molar-refractivity contribution is 9.10. The zero-order chi connectivity index (χ0) is 16.4. The lowest BCUT2D eigenvalue weighted by atomic mass is 9.96. The summed E-state index contributed by atoms with van der Waals surface area (Å²) in [5.74, 6) is 0.566. The van der Waals surface area contributed by atoms with E-state index in [4.69, 9.17) is 0 Å². The molecule has 0 spiro atoms. The SMILES string of the molecule is CNCC1CCN(C(=O)c2cc(=O)[nH]c3c(Br)cccc23)CC1.Cl. The molecular weight excluding hydrogens is 394 g/mol. The van der Waals surface area contributed by atoms with Crippen molar-refractivity contribution in [3.63, 3.8) is 0 Å². The Kier molecular flexibility index (Phi) is 6.43. The molecule has 1 aromatic heterocycles. The van der Waals surface area contributed by atoms with Gasteiger partial charge in [0.1, 0.15) is 0 Å². The van der Waals surface area contributed by atoms with Gasteiger partial charge in [0.05, 0.1) is 11.1 Å². The van der Waals surface area contributed by atoms with Crippen molar-refractivity contribution in [1.82, 2.24) is 15.2 Å². The Morgan fingerprint density at radius 1 is 1.38 bits per heavy atom. The summed E-state index contributed by atoms with van der Waals surface area (Å²) in [4.78, 5) is 29.5. The van der Waals surface area contributed by atoms with Crippen LogP contribution in [0.5, 0.6) is 0 Å². The first-order valence-electron chi connectivity index (χ1n) is 7.85. The predicted octanol–water partition coefficient (Wildman–Crippen LogP) is 2.78. The molecule has 1 amide bonds. The van der Waals surface area contributed by atoms with Gasteiger partial charge in [0.15, 0.2) is 0 Å². The van der Waals surface area contributed by atoms with Gasteiger partial charge in [-0.2, -0.15) is 0 Å². The number of hydrogen-bond donors (Lipinski definition) is 2. The fourth-order valence-corrected chi connectivity index (χ4v) is 3.69. The molecule has 0 aliphatic carbocycles. The van der Waals surface area contributed by atoms with Crippen molar-refractivity contribution < 1.29 is 4.79 Å². The molecule has 130 valence electrons.